The summed E-state index contributed by atoms with van der Waals surface area (Å²) in [6.45, 7) is 5.67. The first-order chi connectivity index (χ1) is 13.3. The van der Waals surface area contributed by atoms with Gasteiger partial charge in [-0.1, -0.05) is 29.8 Å². The molecular weight excluding hydrogens is 398 g/mol. The molecule has 0 fully saturated rings. The Morgan fingerprint density at radius 1 is 1.25 bits per heavy atom. The van der Waals surface area contributed by atoms with Crippen molar-refractivity contribution >= 4 is 27.5 Å². The van der Waals surface area contributed by atoms with E-state index < -0.39 is 16.1 Å². The van der Waals surface area contributed by atoms with Crippen LogP contribution in [0.1, 0.15) is 18.1 Å². The van der Waals surface area contributed by atoms with Gasteiger partial charge in [0.15, 0.2) is 0 Å². The van der Waals surface area contributed by atoms with Crippen molar-refractivity contribution in [3.63, 3.8) is 0 Å². The molecule has 8 heteroatoms. The van der Waals surface area contributed by atoms with Gasteiger partial charge < -0.3 is 4.90 Å². The van der Waals surface area contributed by atoms with Crippen LogP contribution in [0.4, 0.5) is 0 Å². The average Bonchev–Trinajstić information content (AvgIpc) is 2.67. The van der Waals surface area contributed by atoms with Crippen molar-refractivity contribution in [1.82, 2.24) is 9.62 Å². The first-order valence-electron chi connectivity index (χ1n) is 8.43. The quantitative estimate of drug-likeness (QED) is 0.668. The molecule has 0 spiro atoms. The van der Waals surface area contributed by atoms with Crippen molar-refractivity contribution in [3.8, 4) is 6.07 Å². The number of nitrogens with zero attached hydrogens (tertiary/aromatic N) is 2. The van der Waals surface area contributed by atoms with Crippen molar-refractivity contribution in [2.45, 2.75) is 24.4 Å². The van der Waals surface area contributed by atoms with E-state index >= 15 is 0 Å². The van der Waals surface area contributed by atoms with Crippen molar-refractivity contribution < 1.29 is 13.2 Å². The topological polar surface area (TPSA) is 90.3 Å². The Balaban J connectivity index is 2.13. The van der Waals surface area contributed by atoms with Crippen LogP contribution in [0.5, 0.6) is 0 Å². The molecule has 2 aromatic carbocycles. The van der Waals surface area contributed by atoms with Crippen molar-refractivity contribution in [3.05, 3.63) is 77.3 Å². The summed E-state index contributed by atoms with van der Waals surface area (Å²) < 4.78 is 27.4. The highest BCUT2D eigenvalue weighted by molar-refractivity contribution is 7.89. The molecule has 0 saturated heterocycles. The predicted molar refractivity (Wildman–Crippen MR) is 108 cm³/mol. The first kappa shape index (κ1) is 21.6. The fourth-order valence-electron chi connectivity index (χ4n) is 2.53. The molecule has 0 unspecified atom stereocenters. The predicted octanol–water partition coefficient (Wildman–Crippen LogP) is 3.09. The zero-order valence-electron chi connectivity index (χ0n) is 15.3. The second kappa shape index (κ2) is 9.51. The van der Waals surface area contributed by atoms with Crippen LogP contribution in [-0.4, -0.2) is 31.8 Å². The molecule has 1 amide bonds. The number of amides is 1. The highest BCUT2D eigenvalue weighted by Gasteiger charge is 2.25. The van der Waals surface area contributed by atoms with Crippen LogP contribution in [0.3, 0.4) is 0 Å². The van der Waals surface area contributed by atoms with Crippen molar-refractivity contribution in [1.29, 1.82) is 5.26 Å². The van der Waals surface area contributed by atoms with Gasteiger partial charge >= 0.3 is 0 Å². The monoisotopic (exact) mass is 417 g/mol. The van der Waals surface area contributed by atoms with Crippen LogP contribution >= 0.6 is 11.6 Å². The lowest BCUT2D eigenvalue weighted by Gasteiger charge is -2.25. The Morgan fingerprint density at radius 2 is 1.86 bits per heavy atom. The van der Waals surface area contributed by atoms with Gasteiger partial charge in [0.25, 0.3) is 0 Å². The summed E-state index contributed by atoms with van der Waals surface area (Å²) in [5.74, 6) is -0.387. The van der Waals surface area contributed by atoms with Gasteiger partial charge in [-0.05, 0) is 48.9 Å². The molecule has 0 aliphatic heterocycles. The van der Waals surface area contributed by atoms with Crippen LogP contribution in [-0.2, 0) is 21.4 Å². The van der Waals surface area contributed by atoms with Gasteiger partial charge in [0, 0.05) is 18.1 Å². The molecule has 1 N–H and O–H groups in total. The van der Waals surface area contributed by atoms with Crippen LogP contribution < -0.4 is 4.72 Å². The fourth-order valence-corrected chi connectivity index (χ4v) is 3.85. The number of benzene rings is 2. The zero-order valence-corrected chi connectivity index (χ0v) is 16.9. The molecule has 146 valence electrons. The van der Waals surface area contributed by atoms with Gasteiger partial charge in [-0.3, -0.25) is 4.79 Å². The number of nitriles is 1. The van der Waals surface area contributed by atoms with Crippen LogP contribution in [0.25, 0.3) is 0 Å². The molecule has 0 aliphatic rings. The molecule has 2 aromatic rings. The molecule has 0 bridgehead atoms. The molecule has 2 rings (SSSR count). The number of carbonyl (C=O) groups is 1. The summed E-state index contributed by atoms with van der Waals surface area (Å²) in [4.78, 5) is 14.3. The Kier molecular flexibility index (Phi) is 7.35. The Labute approximate surface area is 170 Å². The van der Waals surface area contributed by atoms with E-state index in [1.165, 1.54) is 36.1 Å². The molecule has 0 saturated carbocycles. The lowest BCUT2D eigenvalue weighted by molar-refractivity contribution is -0.132. The summed E-state index contributed by atoms with van der Waals surface area (Å²) in [6, 6.07) is 13.6. The summed E-state index contributed by atoms with van der Waals surface area (Å²) in [5, 5.41) is 9.29. The minimum atomic E-state index is -3.87. The highest BCUT2D eigenvalue weighted by Crippen LogP contribution is 2.15. The normalized spacial score (nSPS) is 12.0. The van der Waals surface area contributed by atoms with Gasteiger partial charge in [0.2, 0.25) is 15.9 Å². The Hall–Kier alpha value is -2.66. The SMILES string of the molecule is C=CCN(Cc1ccc(C#N)cc1)C(=O)[C@H](C)NS(=O)(=O)c1ccc(Cl)cc1. The number of sulfonamides is 1. The second-order valence-electron chi connectivity index (χ2n) is 6.11. The number of halogens is 1. The number of hydrogen-bond acceptors (Lipinski definition) is 4. The molecule has 6 nitrogen and oxygen atoms in total. The number of rotatable bonds is 8. The standard InChI is InChI=1S/C20H20ClN3O3S/c1-3-12-24(14-17-6-4-16(13-22)5-7-17)20(25)15(2)23-28(26,27)19-10-8-18(21)9-11-19/h3-11,15,23H,1,12,14H2,2H3/t15-/m0/s1. The van der Waals surface area contributed by atoms with Gasteiger partial charge in [0.1, 0.15) is 0 Å². The van der Waals surface area contributed by atoms with E-state index in [4.69, 9.17) is 16.9 Å². The smallest absolute Gasteiger partial charge is 0.241 e. The largest absolute Gasteiger partial charge is 0.333 e. The second-order valence-corrected chi connectivity index (χ2v) is 8.26. The van der Waals surface area contributed by atoms with E-state index in [2.05, 4.69) is 11.3 Å². The molecule has 0 radical (unpaired) electrons. The number of nitrogens with one attached hydrogen (secondary N) is 1. The maximum absolute atomic E-state index is 12.8. The van der Waals surface area contributed by atoms with E-state index in [1.54, 1.807) is 30.3 Å². The van der Waals surface area contributed by atoms with E-state index in [1.807, 2.05) is 6.07 Å². The number of hydrogen-bond donors (Lipinski definition) is 1. The minimum Gasteiger partial charge on any atom is -0.333 e. The van der Waals surface area contributed by atoms with Gasteiger partial charge in [-0.2, -0.15) is 9.98 Å². The third-order valence-corrected chi connectivity index (χ3v) is 5.75. The Morgan fingerprint density at radius 3 is 2.39 bits per heavy atom. The Bertz CT molecular complexity index is 981. The highest BCUT2D eigenvalue weighted by atomic mass is 35.5. The van der Waals surface area contributed by atoms with Crippen molar-refractivity contribution in [2.24, 2.45) is 0 Å². The van der Waals surface area contributed by atoms with E-state index in [0.717, 1.165) is 5.56 Å². The summed E-state index contributed by atoms with van der Waals surface area (Å²) in [7, 11) is -3.87. The van der Waals surface area contributed by atoms with Crippen LogP contribution in [0.2, 0.25) is 5.02 Å². The third-order valence-electron chi connectivity index (χ3n) is 3.94. The summed E-state index contributed by atoms with van der Waals surface area (Å²) in [6.07, 6.45) is 1.57. The van der Waals surface area contributed by atoms with Crippen LogP contribution in [0, 0.1) is 11.3 Å². The maximum atomic E-state index is 12.8. The minimum absolute atomic E-state index is 0.0268. The summed E-state index contributed by atoms with van der Waals surface area (Å²) >= 11 is 5.79. The fraction of sp³-hybridized carbons (Fsp3) is 0.200. The van der Waals surface area contributed by atoms with E-state index in [0.29, 0.717) is 10.6 Å². The van der Waals surface area contributed by atoms with E-state index in [9.17, 15) is 13.2 Å². The molecule has 28 heavy (non-hydrogen) atoms. The maximum Gasteiger partial charge on any atom is 0.241 e. The molecule has 1 atom stereocenters. The van der Waals surface area contributed by atoms with Gasteiger partial charge in [0.05, 0.1) is 22.6 Å². The molecule has 0 heterocycles. The van der Waals surface area contributed by atoms with Gasteiger partial charge in [-0.25, -0.2) is 8.42 Å². The number of carbonyl (C=O) groups excluding carboxylic acids is 1. The first-order valence-corrected chi connectivity index (χ1v) is 10.3. The third kappa shape index (κ3) is 5.67. The average molecular weight is 418 g/mol. The van der Waals surface area contributed by atoms with E-state index in [-0.39, 0.29) is 23.9 Å². The zero-order chi connectivity index (χ0) is 20.7. The molecule has 0 aliphatic carbocycles. The summed E-state index contributed by atoms with van der Waals surface area (Å²) in [5.41, 5.74) is 1.34. The van der Waals surface area contributed by atoms with Gasteiger partial charge in [-0.15, -0.1) is 6.58 Å². The van der Waals surface area contributed by atoms with Crippen LogP contribution in [0.15, 0.2) is 66.1 Å². The lowest BCUT2D eigenvalue weighted by Crippen LogP contribution is -2.46. The van der Waals surface area contributed by atoms with Crippen molar-refractivity contribution in [2.75, 3.05) is 6.54 Å². The molecule has 0 aromatic heterocycles. The molecular formula is C20H20ClN3O3S. The lowest BCUT2D eigenvalue weighted by atomic mass is 10.1.